The Balaban J connectivity index is 2.05. The number of para-hydroxylation sites is 1. The monoisotopic (exact) mass is 333 g/mol. The number of amides is 1. The van der Waals surface area contributed by atoms with E-state index in [2.05, 4.69) is 21.2 Å². The van der Waals surface area contributed by atoms with Crippen LogP contribution in [0, 0.1) is 6.92 Å². The number of methoxy groups -OCH3 is 1. The normalized spacial score (nSPS) is 10.2. The first-order chi connectivity index (χ1) is 9.60. The van der Waals surface area contributed by atoms with Crippen LogP contribution in [-0.2, 0) is 11.2 Å². The van der Waals surface area contributed by atoms with Crippen LogP contribution in [0.1, 0.15) is 11.1 Å². The van der Waals surface area contributed by atoms with Gasteiger partial charge in [-0.25, -0.2) is 0 Å². The molecule has 0 spiro atoms. The minimum absolute atomic E-state index is 0.0403. The van der Waals surface area contributed by atoms with Gasteiger partial charge < -0.3 is 10.1 Å². The Morgan fingerprint density at radius 1 is 1.25 bits per heavy atom. The van der Waals surface area contributed by atoms with Gasteiger partial charge in [-0.2, -0.15) is 0 Å². The largest absolute Gasteiger partial charge is 0.496 e. The molecule has 2 aromatic rings. The number of aryl methyl sites for hydroxylation is 1. The Labute approximate surface area is 127 Å². The molecule has 0 bridgehead atoms. The van der Waals surface area contributed by atoms with Gasteiger partial charge in [0.05, 0.1) is 19.2 Å². The number of anilines is 1. The van der Waals surface area contributed by atoms with E-state index in [9.17, 15) is 4.79 Å². The molecule has 3 nitrogen and oxygen atoms in total. The van der Waals surface area contributed by atoms with Crippen molar-refractivity contribution in [3.05, 3.63) is 58.1 Å². The topological polar surface area (TPSA) is 38.3 Å². The SMILES string of the molecule is COc1ccc(CC(=O)Nc2ccccc2Br)cc1C. The summed E-state index contributed by atoms with van der Waals surface area (Å²) in [5, 5.41) is 2.89. The first-order valence-corrected chi connectivity index (χ1v) is 7.07. The molecule has 0 aliphatic rings. The van der Waals surface area contributed by atoms with Crippen LogP contribution < -0.4 is 10.1 Å². The predicted octanol–water partition coefficient (Wildman–Crippen LogP) is 3.95. The van der Waals surface area contributed by atoms with Gasteiger partial charge in [0, 0.05) is 4.47 Å². The molecule has 20 heavy (non-hydrogen) atoms. The summed E-state index contributed by atoms with van der Waals surface area (Å²) in [4.78, 5) is 12.0. The number of carbonyl (C=O) groups is 1. The van der Waals surface area contributed by atoms with Crippen molar-refractivity contribution in [1.82, 2.24) is 0 Å². The molecule has 1 N–H and O–H groups in total. The molecule has 0 aliphatic heterocycles. The van der Waals surface area contributed by atoms with Crippen molar-refractivity contribution in [2.24, 2.45) is 0 Å². The Morgan fingerprint density at radius 3 is 2.65 bits per heavy atom. The molecule has 2 rings (SSSR count). The van der Waals surface area contributed by atoms with Crippen LogP contribution in [0.5, 0.6) is 5.75 Å². The number of nitrogens with one attached hydrogen (secondary N) is 1. The quantitative estimate of drug-likeness (QED) is 0.919. The summed E-state index contributed by atoms with van der Waals surface area (Å²) < 4.78 is 6.08. The number of ether oxygens (including phenoxy) is 1. The zero-order valence-corrected chi connectivity index (χ0v) is 13.0. The number of benzene rings is 2. The number of hydrogen-bond acceptors (Lipinski definition) is 2. The molecule has 0 unspecified atom stereocenters. The summed E-state index contributed by atoms with van der Waals surface area (Å²) in [5.41, 5.74) is 2.77. The maximum atomic E-state index is 12.0. The fourth-order valence-corrected chi connectivity index (χ4v) is 2.38. The second kappa shape index (κ2) is 6.57. The first kappa shape index (κ1) is 14.6. The van der Waals surface area contributed by atoms with E-state index < -0.39 is 0 Å². The lowest BCUT2D eigenvalue weighted by Gasteiger charge is -2.09. The molecule has 4 heteroatoms. The minimum Gasteiger partial charge on any atom is -0.496 e. The third kappa shape index (κ3) is 3.61. The van der Waals surface area contributed by atoms with Crippen LogP contribution in [0.3, 0.4) is 0 Å². The highest BCUT2D eigenvalue weighted by atomic mass is 79.9. The van der Waals surface area contributed by atoms with E-state index in [0.29, 0.717) is 6.42 Å². The Hall–Kier alpha value is -1.81. The van der Waals surface area contributed by atoms with E-state index >= 15 is 0 Å². The average molecular weight is 334 g/mol. The second-order valence-corrected chi connectivity index (χ2v) is 5.36. The third-order valence-corrected chi connectivity index (χ3v) is 3.66. The molecule has 0 aromatic heterocycles. The minimum atomic E-state index is -0.0403. The van der Waals surface area contributed by atoms with Crippen LogP contribution in [-0.4, -0.2) is 13.0 Å². The molecule has 0 saturated heterocycles. The van der Waals surface area contributed by atoms with Crippen molar-refractivity contribution in [1.29, 1.82) is 0 Å². The third-order valence-electron chi connectivity index (χ3n) is 2.97. The van der Waals surface area contributed by atoms with Crippen molar-refractivity contribution in [3.63, 3.8) is 0 Å². The van der Waals surface area contributed by atoms with Crippen molar-refractivity contribution < 1.29 is 9.53 Å². The molecule has 0 saturated carbocycles. The molecule has 0 atom stereocenters. The Morgan fingerprint density at radius 2 is 2.00 bits per heavy atom. The molecule has 0 heterocycles. The van der Waals surface area contributed by atoms with E-state index in [1.165, 1.54) is 0 Å². The van der Waals surface area contributed by atoms with Gasteiger partial charge in [0.25, 0.3) is 0 Å². The van der Waals surface area contributed by atoms with Gasteiger partial charge in [-0.3, -0.25) is 4.79 Å². The number of halogens is 1. The van der Waals surface area contributed by atoms with Crippen LogP contribution in [0.15, 0.2) is 46.9 Å². The van der Waals surface area contributed by atoms with Crippen LogP contribution in [0.25, 0.3) is 0 Å². The highest BCUT2D eigenvalue weighted by Crippen LogP contribution is 2.22. The highest BCUT2D eigenvalue weighted by molar-refractivity contribution is 9.10. The summed E-state index contributed by atoms with van der Waals surface area (Å²) in [6.07, 6.45) is 0.339. The van der Waals surface area contributed by atoms with Crippen LogP contribution in [0.2, 0.25) is 0 Å². The van der Waals surface area contributed by atoms with E-state index in [1.54, 1.807) is 7.11 Å². The zero-order chi connectivity index (χ0) is 14.5. The Bertz CT molecular complexity index is 626. The van der Waals surface area contributed by atoms with E-state index in [4.69, 9.17) is 4.74 Å². The molecule has 1 amide bonds. The molecule has 0 aliphatic carbocycles. The lowest BCUT2D eigenvalue weighted by molar-refractivity contribution is -0.115. The second-order valence-electron chi connectivity index (χ2n) is 4.51. The number of carbonyl (C=O) groups excluding carboxylic acids is 1. The van der Waals surface area contributed by atoms with Crippen molar-refractivity contribution in [2.75, 3.05) is 12.4 Å². The smallest absolute Gasteiger partial charge is 0.228 e. The van der Waals surface area contributed by atoms with Crippen molar-refractivity contribution in [3.8, 4) is 5.75 Å². The first-order valence-electron chi connectivity index (χ1n) is 6.28. The molecule has 104 valence electrons. The van der Waals surface area contributed by atoms with Crippen molar-refractivity contribution >= 4 is 27.5 Å². The molecule has 0 fully saturated rings. The molecule has 0 radical (unpaired) electrons. The molecular weight excluding hydrogens is 318 g/mol. The summed E-state index contributed by atoms with van der Waals surface area (Å²) in [7, 11) is 1.64. The number of rotatable bonds is 4. The van der Waals surface area contributed by atoms with Crippen LogP contribution in [0.4, 0.5) is 5.69 Å². The van der Waals surface area contributed by atoms with E-state index in [-0.39, 0.29) is 5.91 Å². The van der Waals surface area contributed by atoms with Crippen molar-refractivity contribution in [2.45, 2.75) is 13.3 Å². The zero-order valence-electron chi connectivity index (χ0n) is 11.4. The highest BCUT2D eigenvalue weighted by Gasteiger charge is 2.07. The summed E-state index contributed by atoms with van der Waals surface area (Å²) in [6, 6.07) is 13.3. The summed E-state index contributed by atoms with van der Waals surface area (Å²) >= 11 is 3.41. The van der Waals surface area contributed by atoms with Gasteiger partial charge in [0.2, 0.25) is 5.91 Å². The lowest BCUT2D eigenvalue weighted by Crippen LogP contribution is -2.14. The van der Waals surface area contributed by atoms with Gasteiger partial charge in [0.1, 0.15) is 5.75 Å². The van der Waals surface area contributed by atoms with Gasteiger partial charge in [-0.05, 0) is 52.2 Å². The van der Waals surface area contributed by atoms with E-state index in [0.717, 1.165) is 27.0 Å². The van der Waals surface area contributed by atoms with Gasteiger partial charge >= 0.3 is 0 Å². The maximum Gasteiger partial charge on any atom is 0.228 e. The molecule has 2 aromatic carbocycles. The van der Waals surface area contributed by atoms with Gasteiger partial charge in [-0.15, -0.1) is 0 Å². The fraction of sp³-hybridized carbons (Fsp3) is 0.188. The summed E-state index contributed by atoms with van der Waals surface area (Å²) in [5.74, 6) is 0.793. The standard InChI is InChI=1S/C16H16BrNO2/c1-11-9-12(7-8-15(11)20-2)10-16(19)18-14-6-4-3-5-13(14)17/h3-9H,10H2,1-2H3,(H,18,19). The number of hydrogen-bond donors (Lipinski definition) is 1. The lowest BCUT2D eigenvalue weighted by atomic mass is 10.1. The van der Waals surface area contributed by atoms with Crippen LogP contribution >= 0.6 is 15.9 Å². The van der Waals surface area contributed by atoms with Gasteiger partial charge in [0.15, 0.2) is 0 Å². The predicted molar refractivity (Wildman–Crippen MR) is 84.2 cm³/mol. The fourth-order valence-electron chi connectivity index (χ4n) is 1.99. The van der Waals surface area contributed by atoms with E-state index in [1.807, 2.05) is 49.4 Å². The summed E-state index contributed by atoms with van der Waals surface area (Å²) in [6.45, 7) is 1.97. The maximum absolute atomic E-state index is 12.0. The average Bonchev–Trinajstić information content (AvgIpc) is 2.41. The Kier molecular flexibility index (Phi) is 4.79. The molecular formula is C16H16BrNO2. The van der Waals surface area contributed by atoms with Gasteiger partial charge in [-0.1, -0.05) is 24.3 Å².